The molecule has 0 aliphatic heterocycles. The Morgan fingerprint density at radius 1 is 0.968 bits per heavy atom. The van der Waals surface area contributed by atoms with Gasteiger partial charge in [-0.05, 0) is 41.5 Å². The Bertz CT molecular complexity index is 938. The summed E-state index contributed by atoms with van der Waals surface area (Å²) in [7, 11) is 0. The number of carboxylic acid groups (broad SMARTS) is 1. The molecule has 0 saturated heterocycles. The molecule has 31 heavy (non-hydrogen) atoms. The lowest BCUT2D eigenvalue weighted by atomic mass is 9.79. The van der Waals surface area contributed by atoms with Crippen LogP contribution in [0, 0.1) is 5.92 Å². The third-order valence-electron chi connectivity index (χ3n) is 6.04. The number of nitrogens with one attached hydrogen (secondary N) is 2. The first kappa shape index (κ1) is 20.9. The van der Waals surface area contributed by atoms with Crippen molar-refractivity contribution in [2.45, 2.75) is 37.6 Å². The minimum Gasteiger partial charge on any atom is -0.481 e. The number of benzene rings is 2. The molecule has 2 aromatic carbocycles. The lowest BCUT2D eigenvalue weighted by Crippen LogP contribution is -2.49. The summed E-state index contributed by atoms with van der Waals surface area (Å²) in [4.78, 5) is 34.8. The van der Waals surface area contributed by atoms with Gasteiger partial charge in [-0.3, -0.25) is 9.59 Å². The van der Waals surface area contributed by atoms with E-state index in [2.05, 4.69) is 34.9 Å². The summed E-state index contributed by atoms with van der Waals surface area (Å²) in [6.07, 6.45) is 1.11. The highest BCUT2D eigenvalue weighted by molar-refractivity contribution is 5.80. The topological polar surface area (TPSA) is 105 Å². The van der Waals surface area contributed by atoms with Crippen molar-refractivity contribution in [1.82, 2.24) is 10.6 Å². The van der Waals surface area contributed by atoms with E-state index in [9.17, 15) is 14.4 Å². The highest BCUT2D eigenvalue weighted by atomic mass is 16.5. The van der Waals surface area contributed by atoms with Crippen molar-refractivity contribution in [2.24, 2.45) is 5.92 Å². The van der Waals surface area contributed by atoms with Crippen LogP contribution in [-0.4, -0.2) is 42.3 Å². The van der Waals surface area contributed by atoms with Gasteiger partial charge in [-0.25, -0.2) is 4.79 Å². The number of hydrogen-bond acceptors (Lipinski definition) is 4. The lowest BCUT2D eigenvalue weighted by Gasteiger charge is -2.34. The van der Waals surface area contributed by atoms with Crippen molar-refractivity contribution in [3.8, 4) is 11.1 Å². The highest BCUT2D eigenvalue weighted by Crippen LogP contribution is 2.44. The zero-order chi connectivity index (χ0) is 21.8. The molecule has 1 saturated carbocycles. The maximum atomic E-state index is 12.3. The molecule has 4 rings (SSSR count). The van der Waals surface area contributed by atoms with Crippen LogP contribution in [0.3, 0.4) is 0 Å². The van der Waals surface area contributed by atoms with Crippen LogP contribution in [0.2, 0.25) is 0 Å². The molecule has 2 aliphatic rings. The number of rotatable bonds is 8. The molecule has 0 bridgehead atoms. The van der Waals surface area contributed by atoms with E-state index in [-0.39, 0.29) is 36.8 Å². The predicted octanol–water partition coefficient (Wildman–Crippen LogP) is 3.28. The van der Waals surface area contributed by atoms with Crippen molar-refractivity contribution in [1.29, 1.82) is 0 Å². The number of hydrogen-bond donors (Lipinski definition) is 3. The van der Waals surface area contributed by atoms with Crippen LogP contribution in [-0.2, 0) is 14.3 Å². The van der Waals surface area contributed by atoms with E-state index in [0.29, 0.717) is 25.8 Å². The van der Waals surface area contributed by atoms with E-state index in [1.165, 1.54) is 22.3 Å². The van der Waals surface area contributed by atoms with Crippen LogP contribution in [0.5, 0.6) is 0 Å². The maximum absolute atomic E-state index is 12.3. The number of carbonyl (C=O) groups is 3. The van der Waals surface area contributed by atoms with Gasteiger partial charge in [0.2, 0.25) is 5.91 Å². The van der Waals surface area contributed by atoms with Crippen molar-refractivity contribution in [3.63, 3.8) is 0 Å². The minimum absolute atomic E-state index is 0.0175. The maximum Gasteiger partial charge on any atom is 0.407 e. The van der Waals surface area contributed by atoms with Crippen LogP contribution in [0.15, 0.2) is 48.5 Å². The first-order chi connectivity index (χ1) is 15.0. The molecular weight excluding hydrogens is 396 g/mol. The molecular formula is C24H26N2O5. The highest BCUT2D eigenvalue weighted by Gasteiger charge is 2.36. The number of carboxylic acids is 1. The van der Waals surface area contributed by atoms with Gasteiger partial charge in [0.1, 0.15) is 6.61 Å². The monoisotopic (exact) mass is 422 g/mol. The zero-order valence-electron chi connectivity index (χ0n) is 17.2. The van der Waals surface area contributed by atoms with Gasteiger partial charge in [0, 0.05) is 30.8 Å². The number of alkyl carbamates (subject to hydrolysis) is 1. The lowest BCUT2D eigenvalue weighted by molar-refractivity contribution is -0.137. The molecule has 3 N–H and O–H groups in total. The second-order valence-corrected chi connectivity index (χ2v) is 8.12. The Kier molecular flexibility index (Phi) is 6.21. The largest absolute Gasteiger partial charge is 0.481 e. The average Bonchev–Trinajstić information content (AvgIpc) is 3.05. The molecule has 0 atom stereocenters. The SMILES string of the molecule is O=C(O)CCCNC(=O)C1CC(NC(=O)OCC2c3ccccc3-c3ccccc32)C1. The van der Waals surface area contributed by atoms with Gasteiger partial charge in [-0.2, -0.15) is 0 Å². The fraction of sp³-hybridized carbons (Fsp3) is 0.375. The number of ether oxygens (including phenoxy) is 1. The summed E-state index contributed by atoms with van der Waals surface area (Å²) in [5.74, 6) is -1.09. The van der Waals surface area contributed by atoms with Gasteiger partial charge in [0.25, 0.3) is 0 Å². The van der Waals surface area contributed by atoms with E-state index >= 15 is 0 Å². The number of fused-ring (bicyclic) bond motifs is 3. The van der Waals surface area contributed by atoms with Crippen LogP contribution >= 0.6 is 0 Å². The van der Waals surface area contributed by atoms with Gasteiger partial charge in [0.05, 0.1) is 0 Å². The van der Waals surface area contributed by atoms with E-state index in [1.54, 1.807) is 0 Å². The molecule has 1 fully saturated rings. The Morgan fingerprint density at radius 2 is 1.58 bits per heavy atom. The van der Waals surface area contributed by atoms with Crippen molar-refractivity contribution >= 4 is 18.0 Å². The normalized spacial score (nSPS) is 19.0. The first-order valence-electron chi connectivity index (χ1n) is 10.6. The molecule has 2 aliphatic carbocycles. The summed E-state index contributed by atoms with van der Waals surface area (Å²) in [6.45, 7) is 0.617. The van der Waals surface area contributed by atoms with E-state index in [4.69, 9.17) is 9.84 Å². The van der Waals surface area contributed by atoms with Gasteiger partial charge in [0.15, 0.2) is 0 Å². The summed E-state index contributed by atoms with van der Waals surface area (Å²) >= 11 is 0. The molecule has 0 aromatic heterocycles. The Labute approximate surface area is 180 Å². The molecule has 0 heterocycles. The summed E-state index contributed by atoms with van der Waals surface area (Å²) < 4.78 is 5.54. The second-order valence-electron chi connectivity index (χ2n) is 8.12. The Morgan fingerprint density at radius 3 is 2.19 bits per heavy atom. The summed E-state index contributed by atoms with van der Waals surface area (Å²) in [6, 6.07) is 16.3. The van der Waals surface area contributed by atoms with Crippen LogP contribution in [0.25, 0.3) is 11.1 Å². The van der Waals surface area contributed by atoms with Crippen molar-refractivity contribution < 1.29 is 24.2 Å². The van der Waals surface area contributed by atoms with Gasteiger partial charge >= 0.3 is 12.1 Å². The van der Waals surface area contributed by atoms with Gasteiger partial charge in [-0.1, -0.05) is 48.5 Å². The van der Waals surface area contributed by atoms with Crippen molar-refractivity contribution in [3.05, 3.63) is 59.7 Å². The molecule has 0 radical (unpaired) electrons. The minimum atomic E-state index is -0.870. The molecule has 7 nitrogen and oxygen atoms in total. The first-order valence-corrected chi connectivity index (χ1v) is 10.6. The van der Waals surface area contributed by atoms with Crippen LogP contribution in [0.4, 0.5) is 4.79 Å². The molecule has 0 unspecified atom stereocenters. The fourth-order valence-electron chi connectivity index (χ4n) is 4.35. The molecule has 2 aromatic rings. The number of carbonyl (C=O) groups excluding carboxylic acids is 2. The Balaban J connectivity index is 1.22. The molecule has 7 heteroatoms. The fourth-order valence-corrected chi connectivity index (χ4v) is 4.35. The standard InChI is InChI=1S/C24H26N2O5/c27-22(28)10-5-11-25-23(29)15-12-16(13-15)26-24(30)31-14-21-19-8-3-1-6-17(19)18-7-2-4-9-20(18)21/h1-4,6-9,15-16,21H,5,10-14H2,(H,25,29)(H,26,30)(H,27,28). The third-order valence-corrected chi connectivity index (χ3v) is 6.04. The van der Waals surface area contributed by atoms with Gasteiger partial charge in [-0.15, -0.1) is 0 Å². The smallest absolute Gasteiger partial charge is 0.407 e. The van der Waals surface area contributed by atoms with Gasteiger partial charge < -0.3 is 20.5 Å². The molecule has 0 spiro atoms. The molecule has 2 amide bonds. The third kappa shape index (κ3) is 4.71. The summed E-state index contributed by atoms with van der Waals surface area (Å²) in [5, 5.41) is 14.2. The van der Waals surface area contributed by atoms with E-state index < -0.39 is 12.1 Å². The quantitative estimate of drug-likeness (QED) is 0.566. The predicted molar refractivity (Wildman–Crippen MR) is 115 cm³/mol. The average molecular weight is 422 g/mol. The molecule has 162 valence electrons. The van der Waals surface area contributed by atoms with Crippen molar-refractivity contribution in [2.75, 3.05) is 13.2 Å². The zero-order valence-corrected chi connectivity index (χ0v) is 17.2. The Hall–Kier alpha value is -3.35. The van der Waals surface area contributed by atoms with E-state index in [1.807, 2.05) is 24.3 Å². The number of amides is 2. The van der Waals surface area contributed by atoms with Crippen LogP contribution < -0.4 is 10.6 Å². The summed E-state index contributed by atoms with van der Waals surface area (Å²) in [5.41, 5.74) is 4.70. The second kappa shape index (κ2) is 9.20. The van der Waals surface area contributed by atoms with Crippen LogP contribution in [0.1, 0.15) is 42.7 Å². The number of aliphatic carboxylic acids is 1. The van der Waals surface area contributed by atoms with E-state index in [0.717, 1.165) is 0 Å².